The Labute approximate surface area is 89.8 Å². The minimum Gasteiger partial charge on any atom is -0.364 e. The molecule has 1 fully saturated rings. The highest BCUT2D eigenvalue weighted by molar-refractivity contribution is 7.80. The molecule has 2 N–H and O–H groups in total. The van der Waals surface area contributed by atoms with Gasteiger partial charge in [0.25, 0.3) is 0 Å². The number of rotatable bonds is 4. The molecule has 0 amide bonds. The molecule has 1 rings (SSSR count). The van der Waals surface area contributed by atoms with E-state index in [4.69, 9.17) is 4.55 Å². The van der Waals surface area contributed by atoms with Gasteiger partial charge in [-0.15, -0.1) is 0 Å². The van der Waals surface area contributed by atoms with Crippen LogP contribution in [0.1, 0.15) is 26.2 Å². The molecular formula is C8H17NO5S. The van der Waals surface area contributed by atoms with Crippen LogP contribution in [-0.4, -0.2) is 48.4 Å². The zero-order valence-electron chi connectivity index (χ0n) is 8.72. The van der Waals surface area contributed by atoms with Crippen LogP contribution in [0.25, 0.3) is 0 Å². The van der Waals surface area contributed by atoms with Gasteiger partial charge >= 0.3 is 10.4 Å². The molecule has 0 radical (unpaired) electrons. The molecule has 1 unspecified atom stereocenters. The minimum absolute atomic E-state index is 0.0762. The third-order valence-corrected chi connectivity index (χ3v) is 2.82. The first-order valence-corrected chi connectivity index (χ1v) is 6.28. The Morgan fingerprint density at radius 2 is 1.87 bits per heavy atom. The van der Waals surface area contributed by atoms with Gasteiger partial charge in [0, 0.05) is 0 Å². The lowest BCUT2D eigenvalue weighted by Gasteiger charge is -2.32. The van der Waals surface area contributed by atoms with Crippen molar-refractivity contribution in [2.75, 3.05) is 19.6 Å². The van der Waals surface area contributed by atoms with Crippen LogP contribution in [0.4, 0.5) is 0 Å². The number of hydrogen-bond acceptors (Lipinski definition) is 5. The Kier molecular flexibility index (Phi) is 4.07. The molecule has 0 saturated carbocycles. The summed E-state index contributed by atoms with van der Waals surface area (Å²) in [6.45, 7) is 2.91. The molecule has 6 nitrogen and oxygen atoms in total. The van der Waals surface area contributed by atoms with E-state index in [1.807, 2.05) is 4.90 Å². The van der Waals surface area contributed by atoms with Gasteiger partial charge in [-0.25, -0.2) is 4.18 Å². The second-order valence-corrected chi connectivity index (χ2v) is 5.05. The summed E-state index contributed by atoms with van der Waals surface area (Å²) in [5, 5.41) is 9.60. The lowest BCUT2D eigenvalue weighted by molar-refractivity contribution is -0.139. The predicted octanol–water partition coefficient (Wildman–Crippen LogP) is 0.000200. The highest BCUT2D eigenvalue weighted by atomic mass is 32.3. The molecule has 0 aromatic rings. The third kappa shape index (κ3) is 5.43. The van der Waals surface area contributed by atoms with Crippen molar-refractivity contribution in [1.82, 2.24) is 4.90 Å². The predicted molar refractivity (Wildman–Crippen MR) is 53.5 cm³/mol. The summed E-state index contributed by atoms with van der Waals surface area (Å²) in [7, 11) is -4.61. The fourth-order valence-corrected chi connectivity index (χ4v) is 2.29. The fourth-order valence-electron chi connectivity index (χ4n) is 1.79. The molecular weight excluding hydrogens is 222 g/mol. The van der Waals surface area contributed by atoms with Crippen molar-refractivity contribution in [3.8, 4) is 0 Å². The number of piperidine rings is 1. The van der Waals surface area contributed by atoms with E-state index in [1.54, 1.807) is 0 Å². The summed E-state index contributed by atoms with van der Waals surface area (Å²) in [4.78, 5) is 1.91. The summed E-state index contributed by atoms with van der Waals surface area (Å²) in [6, 6.07) is 0. The van der Waals surface area contributed by atoms with Gasteiger partial charge in [0.1, 0.15) is 0 Å². The SMILES string of the molecule is CC(O)(CN1CCCCC1)OS(=O)(=O)O. The van der Waals surface area contributed by atoms with Gasteiger partial charge in [-0.2, -0.15) is 8.42 Å². The van der Waals surface area contributed by atoms with Gasteiger partial charge in [-0.1, -0.05) is 6.42 Å². The second-order valence-electron chi connectivity index (χ2n) is 4.02. The lowest BCUT2D eigenvalue weighted by atomic mass is 10.1. The van der Waals surface area contributed by atoms with Crippen molar-refractivity contribution in [1.29, 1.82) is 0 Å². The maximum atomic E-state index is 10.4. The first kappa shape index (κ1) is 12.9. The van der Waals surface area contributed by atoms with Crippen LogP contribution >= 0.6 is 0 Å². The van der Waals surface area contributed by atoms with Crippen LogP contribution in [0, 0.1) is 0 Å². The first-order valence-electron chi connectivity index (χ1n) is 4.91. The third-order valence-electron chi connectivity index (χ3n) is 2.25. The van der Waals surface area contributed by atoms with Crippen molar-refractivity contribution in [3.63, 3.8) is 0 Å². The van der Waals surface area contributed by atoms with Gasteiger partial charge in [-0.05, 0) is 32.9 Å². The van der Waals surface area contributed by atoms with Crippen molar-refractivity contribution in [2.24, 2.45) is 0 Å². The average Bonchev–Trinajstić information content (AvgIpc) is 1.99. The number of likely N-dealkylation sites (tertiary alicyclic amines) is 1. The van der Waals surface area contributed by atoms with Crippen molar-refractivity contribution >= 4 is 10.4 Å². The molecule has 15 heavy (non-hydrogen) atoms. The van der Waals surface area contributed by atoms with Gasteiger partial charge in [0.05, 0.1) is 6.54 Å². The van der Waals surface area contributed by atoms with E-state index in [2.05, 4.69) is 4.18 Å². The highest BCUT2D eigenvalue weighted by Gasteiger charge is 2.30. The number of aliphatic hydroxyl groups is 1. The maximum absolute atomic E-state index is 10.4. The smallest absolute Gasteiger partial charge is 0.364 e. The number of β-amino-alcohol motifs (C(OH)–C–C–N with tert-alkyl or cyclic N) is 1. The Morgan fingerprint density at radius 1 is 1.33 bits per heavy atom. The fraction of sp³-hybridized carbons (Fsp3) is 1.00. The van der Waals surface area contributed by atoms with Crippen LogP contribution < -0.4 is 0 Å². The molecule has 1 aliphatic rings. The molecule has 0 aromatic heterocycles. The molecule has 1 aliphatic heterocycles. The molecule has 0 aliphatic carbocycles. The summed E-state index contributed by atoms with van der Waals surface area (Å²) < 4.78 is 33.5. The minimum atomic E-state index is -4.61. The quantitative estimate of drug-likeness (QED) is 0.530. The summed E-state index contributed by atoms with van der Waals surface area (Å²) >= 11 is 0. The molecule has 7 heteroatoms. The number of nitrogens with zero attached hydrogens (tertiary/aromatic N) is 1. The van der Waals surface area contributed by atoms with Crippen LogP contribution in [0.5, 0.6) is 0 Å². The molecule has 0 bridgehead atoms. The summed E-state index contributed by atoms with van der Waals surface area (Å²) in [5.74, 6) is -1.87. The normalized spacial score (nSPS) is 23.7. The van der Waals surface area contributed by atoms with Crippen molar-refractivity contribution in [2.45, 2.75) is 32.0 Å². The Balaban J connectivity index is 2.47. The largest absolute Gasteiger partial charge is 0.400 e. The van der Waals surface area contributed by atoms with Crippen LogP contribution in [-0.2, 0) is 14.6 Å². The zero-order valence-corrected chi connectivity index (χ0v) is 9.53. The van der Waals surface area contributed by atoms with E-state index >= 15 is 0 Å². The molecule has 0 spiro atoms. The average molecular weight is 239 g/mol. The van der Waals surface area contributed by atoms with E-state index in [0.717, 1.165) is 32.4 Å². The van der Waals surface area contributed by atoms with Gasteiger partial charge < -0.3 is 5.11 Å². The summed E-state index contributed by atoms with van der Waals surface area (Å²) in [5.41, 5.74) is 0. The van der Waals surface area contributed by atoms with Crippen LogP contribution in [0.2, 0.25) is 0 Å². The Hall–Kier alpha value is -0.210. The van der Waals surface area contributed by atoms with Crippen molar-refractivity contribution in [3.05, 3.63) is 0 Å². The van der Waals surface area contributed by atoms with Crippen molar-refractivity contribution < 1.29 is 22.3 Å². The monoisotopic (exact) mass is 239 g/mol. The van der Waals surface area contributed by atoms with Gasteiger partial charge in [-0.3, -0.25) is 9.45 Å². The Morgan fingerprint density at radius 3 is 2.33 bits per heavy atom. The topological polar surface area (TPSA) is 87.1 Å². The maximum Gasteiger partial charge on any atom is 0.400 e. The zero-order chi connectivity index (χ0) is 11.5. The van der Waals surface area contributed by atoms with E-state index in [0.29, 0.717) is 0 Å². The highest BCUT2D eigenvalue weighted by Crippen LogP contribution is 2.15. The van der Waals surface area contributed by atoms with E-state index in [1.165, 1.54) is 6.92 Å². The van der Waals surface area contributed by atoms with Gasteiger partial charge in [0.2, 0.25) is 0 Å². The standard InChI is InChI=1S/C8H17NO5S/c1-8(10,14-15(11,12)13)7-9-5-3-2-4-6-9/h10H,2-7H2,1H3,(H,11,12,13). The first-order chi connectivity index (χ1) is 6.79. The van der Waals surface area contributed by atoms with Crippen LogP contribution in [0.3, 0.4) is 0 Å². The molecule has 1 saturated heterocycles. The van der Waals surface area contributed by atoms with Crippen LogP contribution in [0.15, 0.2) is 0 Å². The molecule has 1 heterocycles. The van der Waals surface area contributed by atoms with E-state index < -0.39 is 16.2 Å². The summed E-state index contributed by atoms with van der Waals surface area (Å²) in [6.07, 6.45) is 3.21. The van der Waals surface area contributed by atoms with E-state index in [9.17, 15) is 13.5 Å². The van der Waals surface area contributed by atoms with E-state index in [-0.39, 0.29) is 6.54 Å². The molecule has 1 atom stereocenters. The molecule has 90 valence electrons. The number of hydrogen-bond donors (Lipinski definition) is 2. The van der Waals surface area contributed by atoms with Gasteiger partial charge in [0.15, 0.2) is 5.79 Å². The Bertz CT molecular complexity index is 294. The second kappa shape index (κ2) is 4.75. The lowest BCUT2D eigenvalue weighted by Crippen LogP contribution is -2.45. The molecule has 0 aromatic carbocycles.